The molecule has 0 saturated heterocycles. The average molecular weight is 291 g/mol. The van der Waals surface area contributed by atoms with Crippen LogP contribution in [-0.4, -0.2) is 15.0 Å². The fraction of sp³-hybridized carbons (Fsp3) is 0.118. The second-order valence-electron chi connectivity index (χ2n) is 5.04. The number of nitrogens with two attached hydrogens (primary N) is 1. The molecule has 3 rings (SSSR count). The molecule has 0 saturated carbocycles. The van der Waals surface area contributed by atoms with E-state index in [0.29, 0.717) is 18.3 Å². The number of anilines is 2. The molecule has 22 heavy (non-hydrogen) atoms. The Hall–Kier alpha value is -2.95. The summed E-state index contributed by atoms with van der Waals surface area (Å²) >= 11 is 0. The molecule has 2 aromatic heterocycles. The number of rotatable bonds is 4. The Balaban J connectivity index is 1.77. The SMILES string of the molecule is Cc1cccc(-c2cnc(NCc3ccccn3)nc2N)c1. The van der Waals surface area contributed by atoms with Crippen molar-refractivity contribution in [2.24, 2.45) is 0 Å². The Bertz CT molecular complexity index is 771. The lowest BCUT2D eigenvalue weighted by Crippen LogP contribution is -2.07. The minimum absolute atomic E-state index is 0.462. The van der Waals surface area contributed by atoms with Gasteiger partial charge in [0.2, 0.25) is 5.95 Å². The largest absolute Gasteiger partial charge is 0.383 e. The van der Waals surface area contributed by atoms with Gasteiger partial charge in [-0.3, -0.25) is 4.98 Å². The van der Waals surface area contributed by atoms with Crippen molar-refractivity contribution in [2.75, 3.05) is 11.1 Å². The van der Waals surface area contributed by atoms with E-state index < -0.39 is 0 Å². The van der Waals surface area contributed by atoms with E-state index in [1.54, 1.807) is 12.4 Å². The summed E-state index contributed by atoms with van der Waals surface area (Å²) < 4.78 is 0. The summed E-state index contributed by atoms with van der Waals surface area (Å²) in [5.74, 6) is 0.962. The van der Waals surface area contributed by atoms with Crippen LogP contribution in [0, 0.1) is 6.92 Å². The molecule has 1 aromatic carbocycles. The van der Waals surface area contributed by atoms with Gasteiger partial charge in [0, 0.05) is 18.0 Å². The van der Waals surface area contributed by atoms with Gasteiger partial charge in [-0.2, -0.15) is 4.98 Å². The monoisotopic (exact) mass is 291 g/mol. The Labute approximate surface area is 129 Å². The third-order valence-corrected chi connectivity index (χ3v) is 3.30. The van der Waals surface area contributed by atoms with Gasteiger partial charge in [-0.25, -0.2) is 4.98 Å². The number of aryl methyl sites for hydroxylation is 1. The van der Waals surface area contributed by atoms with Crippen molar-refractivity contribution in [3.05, 3.63) is 66.1 Å². The summed E-state index contributed by atoms with van der Waals surface area (Å²) in [5, 5.41) is 3.13. The molecule has 110 valence electrons. The summed E-state index contributed by atoms with van der Waals surface area (Å²) in [6.45, 7) is 2.60. The molecule has 3 aromatic rings. The summed E-state index contributed by atoms with van der Waals surface area (Å²) in [6, 6.07) is 13.9. The fourth-order valence-electron chi connectivity index (χ4n) is 2.19. The molecule has 0 aliphatic rings. The highest BCUT2D eigenvalue weighted by Crippen LogP contribution is 2.25. The molecule has 0 atom stereocenters. The van der Waals surface area contributed by atoms with Gasteiger partial charge in [-0.05, 0) is 24.6 Å². The zero-order valence-electron chi connectivity index (χ0n) is 12.3. The van der Waals surface area contributed by atoms with Gasteiger partial charge in [0.25, 0.3) is 0 Å². The first-order valence-corrected chi connectivity index (χ1v) is 7.06. The zero-order chi connectivity index (χ0) is 15.4. The summed E-state index contributed by atoms with van der Waals surface area (Å²) in [6.07, 6.45) is 3.50. The second-order valence-corrected chi connectivity index (χ2v) is 5.04. The molecular formula is C17H17N5. The number of nitrogen functional groups attached to an aromatic ring is 1. The molecule has 0 amide bonds. The molecule has 0 aliphatic carbocycles. The first-order valence-electron chi connectivity index (χ1n) is 7.06. The maximum Gasteiger partial charge on any atom is 0.224 e. The van der Waals surface area contributed by atoms with Crippen LogP contribution in [0.3, 0.4) is 0 Å². The van der Waals surface area contributed by atoms with Crippen LogP contribution in [0.15, 0.2) is 54.9 Å². The Morgan fingerprint density at radius 2 is 2.00 bits per heavy atom. The van der Waals surface area contributed by atoms with Gasteiger partial charge in [0.15, 0.2) is 0 Å². The van der Waals surface area contributed by atoms with E-state index in [9.17, 15) is 0 Å². The first-order chi connectivity index (χ1) is 10.7. The minimum Gasteiger partial charge on any atom is -0.383 e. The molecule has 0 fully saturated rings. The lowest BCUT2D eigenvalue weighted by Gasteiger charge is -2.09. The predicted molar refractivity (Wildman–Crippen MR) is 88.2 cm³/mol. The van der Waals surface area contributed by atoms with Gasteiger partial charge >= 0.3 is 0 Å². The molecule has 0 unspecified atom stereocenters. The normalized spacial score (nSPS) is 10.4. The fourth-order valence-corrected chi connectivity index (χ4v) is 2.19. The van der Waals surface area contributed by atoms with Crippen LogP contribution in [-0.2, 0) is 6.54 Å². The van der Waals surface area contributed by atoms with Gasteiger partial charge in [0.1, 0.15) is 5.82 Å². The minimum atomic E-state index is 0.462. The van der Waals surface area contributed by atoms with Gasteiger partial charge in [-0.15, -0.1) is 0 Å². The van der Waals surface area contributed by atoms with Gasteiger partial charge < -0.3 is 11.1 Å². The zero-order valence-corrected chi connectivity index (χ0v) is 12.3. The van der Waals surface area contributed by atoms with E-state index in [2.05, 4.69) is 26.3 Å². The van der Waals surface area contributed by atoms with Crippen molar-refractivity contribution >= 4 is 11.8 Å². The molecule has 2 heterocycles. The lowest BCUT2D eigenvalue weighted by atomic mass is 10.1. The van der Waals surface area contributed by atoms with Gasteiger partial charge in [-0.1, -0.05) is 35.9 Å². The molecule has 0 radical (unpaired) electrons. The molecule has 0 aliphatic heterocycles. The number of hydrogen-bond donors (Lipinski definition) is 2. The van der Waals surface area contributed by atoms with Crippen molar-refractivity contribution in [1.82, 2.24) is 15.0 Å². The molecule has 3 N–H and O–H groups in total. The van der Waals surface area contributed by atoms with Crippen molar-refractivity contribution in [1.29, 1.82) is 0 Å². The first kappa shape index (κ1) is 14.0. The summed E-state index contributed by atoms with van der Waals surface area (Å²) in [5.41, 5.74) is 10.0. The third kappa shape index (κ3) is 3.20. The van der Waals surface area contributed by atoms with Crippen LogP contribution in [0.5, 0.6) is 0 Å². The standard InChI is InChI=1S/C17H17N5/c1-12-5-4-6-13(9-12)15-11-21-17(22-16(15)18)20-10-14-7-2-3-8-19-14/h2-9,11H,10H2,1H3,(H3,18,20,21,22). The predicted octanol–water partition coefficient (Wildman–Crippen LogP) is 3.04. The van der Waals surface area contributed by atoms with Crippen molar-refractivity contribution in [3.8, 4) is 11.1 Å². The second kappa shape index (κ2) is 6.22. The molecular weight excluding hydrogens is 274 g/mol. The number of nitrogens with one attached hydrogen (secondary N) is 1. The van der Waals surface area contributed by atoms with Crippen molar-refractivity contribution in [3.63, 3.8) is 0 Å². The number of pyridine rings is 1. The third-order valence-electron chi connectivity index (χ3n) is 3.30. The quantitative estimate of drug-likeness (QED) is 0.772. The van der Waals surface area contributed by atoms with Crippen LogP contribution in [0.4, 0.5) is 11.8 Å². The average Bonchev–Trinajstić information content (AvgIpc) is 2.54. The van der Waals surface area contributed by atoms with Crippen LogP contribution in [0.1, 0.15) is 11.3 Å². The molecule has 0 bridgehead atoms. The van der Waals surface area contributed by atoms with Crippen molar-refractivity contribution < 1.29 is 0 Å². The molecule has 5 heteroatoms. The van der Waals surface area contributed by atoms with E-state index in [0.717, 1.165) is 16.8 Å². The van der Waals surface area contributed by atoms with E-state index >= 15 is 0 Å². The Kier molecular flexibility index (Phi) is 3.96. The molecule has 0 spiro atoms. The maximum absolute atomic E-state index is 6.07. The topological polar surface area (TPSA) is 76.7 Å². The van der Waals surface area contributed by atoms with E-state index in [4.69, 9.17) is 5.73 Å². The number of benzene rings is 1. The Morgan fingerprint density at radius 1 is 1.09 bits per heavy atom. The lowest BCUT2D eigenvalue weighted by molar-refractivity contribution is 1.00. The van der Waals surface area contributed by atoms with E-state index in [1.807, 2.05) is 43.3 Å². The summed E-state index contributed by atoms with van der Waals surface area (Å²) in [4.78, 5) is 12.9. The van der Waals surface area contributed by atoms with Crippen LogP contribution in [0.25, 0.3) is 11.1 Å². The number of hydrogen-bond acceptors (Lipinski definition) is 5. The van der Waals surface area contributed by atoms with E-state index in [-0.39, 0.29) is 0 Å². The van der Waals surface area contributed by atoms with Crippen LogP contribution < -0.4 is 11.1 Å². The number of nitrogens with zero attached hydrogens (tertiary/aromatic N) is 3. The van der Waals surface area contributed by atoms with Crippen LogP contribution >= 0.6 is 0 Å². The van der Waals surface area contributed by atoms with Crippen molar-refractivity contribution in [2.45, 2.75) is 13.5 Å². The number of aromatic nitrogens is 3. The highest BCUT2D eigenvalue weighted by Gasteiger charge is 2.07. The highest BCUT2D eigenvalue weighted by atomic mass is 15.1. The summed E-state index contributed by atoms with van der Waals surface area (Å²) in [7, 11) is 0. The van der Waals surface area contributed by atoms with E-state index in [1.165, 1.54) is 5.56 Å². The highest BCUT2D eigenvalue weighted by molar-refractivity contribution is 5.74. The smallest absolute Gasteiger partial charge is 0.224 e. The van der Waals surface area contributed by atoms with Gasteiger partial charge in [0.05, 0.1) is 12.2 Å². The maximum atomic E-state index is 6.07. The Morgan fingerprint density at radius 3 is 2.73 bits per heavy atom. The molecule has 5 nitrogen and oxygen atoms in total. The van der Waals surface area contributed by atoms with Crippen LogP contribution in [0.2, 0.25) is 0 Å².